The van der Waals surface area contributed by atoms with Crippen molar-refractivity contribution in [3.63, 3.8) is 0 Å². The maximum absolute atomic E-state index is 10.3. The third kappa shape index (κ3) is 36.3. The summed E-state index contributed by atoms with van der Waals surface area (Å²) >= 11 is 4.20. The molecule has 0 atom stereocenters. The lowest BCUT2D eigenvalue weighted by atomic mass is 10.1. The normalized spacial score (nSPS) is 9.11. The van der Waals surface area contributed by atoms with Crippen molar-refractivity contribution in [1.29, 1.82) is 0 Å². The Hall–Kier alpha value is -2.27. The highest BCUT2D eigenvalue weighted by atomic mass is 32.1. The maximum atomic E-state index is 10.3. The molecule has 1 aromatic rings. The molecular weight excluding hydrogens is 468 g/mol. The Bertz CT molecular complexity index is 634. The maximum Gasteiger partial charge on any atom is 0.330 e. The molecule has 0 bridgehead atoms. The van der Waals surface area contributed by atoms with Gasteiger partial charge in [0.15, 0.2) is 0 Å². The first kappa shape index (κ1) is 38.3. The van der Waals surface area contributed by atoms with Crippen LogP contribution in [0.3, 0.4) is 0 Å². The summed E-state index contributed by atoms with van der Waals surface area (Å²) in [4.78, 5) is 19.9. The number of esters is 1. The van der Waals surface area contributed by atoms with Gasteiger partial charge in [0.2, 0.25) is 0 Å². The number of rotatable bonds is 16. The second-order valence-corrected chi connectivity index (χ2v) is 8.78. The summed E-state index contributed by atoms with van der Waals surface area (Å²) < 4.78 is 4.67. The molecule has 0 spiro atoms. The molecule has 0 unspecified atom stereocenters. The minimum Gasteiger partial charge on any atom is -0.478 e. The van der Waals surface area contributed by atoms with E-state index < -0.39 is 5.97 Å². The number of thiol groups is 1. The van der Waals surface area contributed by atoms with E-state index in [1.54, 1.807) is 0 Å². The van der Waals surface area contributed by atoms with E-state index in [1.807, 2.05) is 43.3 Å². The fraction of sp³-hybridized carbons (Fsp3) is 0.548. The second kappa shape index (κ2) is 32.7. The first-order chi connectivity index (χ1) is 17.3. The number of aliphatic carboxylic acids is 1. The van der Waals surface area contributed by atoms with Crippen molar-refractivity contribution in [2.75, 3.05) is 12.4 Å². The monoisotopic (exact) mass is 520 g/mol. The zero-order valence-electron chi connectivity index (χ0n) is 23.2. The van der Waals surface area contributed by atoms with Crippen molar-refractivity contribution in [2.45, 2.75) is 97.8 Å². The summed E-state index contributed by atoms with van der Waals surface area (Å²) in [5.41, 5.74) is 1.35. The van der Waals surface area contributed by atoms with E-state index in [0.717, 1.165) is 18.6 Å². The highest BCUT2D eigenvalue weighted by Crippen LogP contribution is 2.10. The van der Waals surface area contributed by atoms with Crippen LogP contribution < -0.4 is 0 Å². The van der Waals surface area contributed by atoms with Gasteiger partial charge in [-0.2, -0.15) is 12.6 Å². The number of carboxylic acids is 1. The number of unbranched alkanes of at least 4 members (excludes halogenated alkanes) is 10. The van der Waals surface area contributed by atoms with Crippen molar-refractivity contribution < 1.29 is 19.4 Å². The van der Waals surface area contributed by atoms with Crippen LogP contribution in [0.4, 0.5) is 0 Å². The van der Waals surface area contributed by atoms with Crippen molar-refractivity contribution in [3.05, 3.63) is 67.3 Å². The summed E-state index contributed by atoms with van der Waals surface area (Å²) in [5, 5.41) is 7.89. The first-order valence-corrected chi connectivity index (χ1v) is 13.9. The second-order valence-electron chi connectivity index (χ2n) is 8.33. The molecule has 5 heteroatoms. The van der Waals surface area contributed by atoms with Gasteiger partial charge in [-0.15, -0.1) is 0 Å². The molecule has 0 fully saturated rings. The van der Waals surface area contributed by atoms with Gasteiger partial charge in [-0.3, -0.25) is 0 Å². The van der Waals surface area contributed by atoms with E-state index in [9.17, 15) is 9.59 Å². The lowest BCUT2D eigenvalue weighted by molar-refractivity contribution is -0.138. The van der Waals surface area contributed by atoms with Gasteiger partial charge < -0.3 is 9.84 Å². The Morgan fingerprint density at radius 2 is 1.31 bits per heavy atom. The van der Waals surface area contributed by atoms with Crippen LogP contribution in [0, 0.1) is 0 Å². The molecule has 206 valence electrons. The Labute approximate surface area is 227 Å². The molecule has 0 saturated carbocycles. The average molecular weight is 521 g/mol. The minimum atomic E-state index is -0.935. The number of carbonyl (C=O) groups excluding carboxylic acids is 1. The van der Waals surface area contributed by atoms with Crippen LogP contribution in [-0.2, 0) is 14.3 Å². The fourth-order valence-corrected chi connectivity index (χ4v) is 2.79. The molecule has 0 aromatic heterocycles. The zero-order chi connectivity index (χ0) is 27.9. The van der Waals surface area contributed by atoms with E-state index in [1.165, 1.54) is 82.8 Å². The molecular formula is C31H52O4S. The first-order valence-electron chi connectivity index (χ1n) is 13.3. The molecule has 0 aliphatic rings. The summed E-state index contributed by atoms with van der Waals surface area (Å²) in [5.74, 6) is -0.199. The number of benzene rings is 1. The van der Waals surface area contributed by atoms with Crippen LogP contribution in [0.1, 0.15) is 103 Å². The van der Waals surface area contributed by atoms with E-state index in [2.05, 4.69) is 44.0 Å². The van der Waals surface area contributed by atoms with Crippen molar-refractivity contribution in [3.8, 4) is 0 Å². The van der Waals surface area contributed by atoms with Crippen LogP contribution in [0.5, 0.6) is 0 Å². The summed E-state index contributed by atoms with van der Waals surface area (Å²) in [6.45, 7) is 16.3. The number of ether oxygens (including phenoxy) is 1. The minimum absolute atomic E-state index is 0.176. The Morgan fingerprint density at radius 3 is 1.64 bits per heavy atom. The number of carboxylic acid groups (broad SMARTS) is 1. The average Bonchev–Trinajstić information content (AvgIpc) is 2.89. The van der Waals surface area contributed by atoms with Crippen LogP contribution in [-0.4, -0.2) is 29.4 Å². The molecule has 1 N–H and O–H groups in total. The highest BCUT2D eigenvalue weighted by molar-refractivity contribution is 7.80. The predicted octanol–water partition coefficient (Wildman–Crippen LogP) is 9.33. The fourth-order valence-electron chi connectivity index (χ4n) is 2.56. The zero-order valence-corrected chi connectivity index (χ0v) is 24.1. The van der Waals surface area contributed by atoms with Gasteiger partial charge in [-0.25, -0.2) is 9.59 Å². The van der Waals surface area contributed by atoms with Gasteiger partial charge >= 0.3 is 11.9 Å². The standard InChI is InChI=1S/C12H26S.C8H8.C7H12O2.C4H6O2/c1-2-3-4-5-6-7-8-9-10-11-12-13;1-2-8-6-4-3-5-7-8;1-3-5-6-9-7(8)4-2;1-3(2)4(5)6/h13H,2-12H2,1H3;2-7H,1H2;4H,2-3,5-6H2,1H3;1H2,2H3,(H,5,6). The van der Waals surface area contributed by atoms with Crippen LogP contribution in [0.25, 0.3) is 6.08 Å². The number of hydrogen-bond acceptors (Lipinski definition) is 4. The molecule has 0 amide bonds. The molecule has 0 heterocycles. The molecule has 0 saturated heterocycles. The Kier molecular flexibility index (Phi) is 34.8. The number of carbonyl (C=O) groups is 2. The lowest BCUT2D eigenvalue weighted by Gasteiger charge is -2.00. The summed E-state index contributed by atoms with van der Waals surface area (Å²) in [6.07, 6.45) is 19.2. The van der Waals surface area contributed by atoms with Crippen molar-refractivity contribution in [1.82, 2.24) is 0 Å². The van der Waals surface area contributed by atoms with E-state index in [0.29, 0.717) is 6.61 Å². The van der Waals surface area contributed by atoms with Crippen molar-refractivity contribution >= 4 is 30.6 Å². The van der Waals surface area contributed by atoms with Gasteiger partial charge in [0.25, 0.3) is 0 Å². The van der Waals surface area contributed by atoms with Crippen LogP contribution in [0.15, 0.2) is 61.7 Å². The van der Waals surface area contributed by atoms with Gasteiger partial charge in [0.1, 0.15) is 0 Å². The molecule has 0 radical (unpaired) electrons. The van der Waals surface area contributed by atoms with E-state index in [4.69, 9.17) is 5.11 Å². The van der Waals surface area contributed by atoms with E-state index in [-0.39, 0.29) is 11.5 Å². The molecule has 36 heavy (non-hydrogen) atoms. The largest absolute Gasteiger partial charge is 0.478 e. The van der Waals surface area contributed by atoms with Gasteiger partial charge in [-0.05, 0) is 31.1 Å². The molecule has 1 rings (SSSR count). The Balaban J connectivity index is -0.000000419. The van der Waals surface area contributed by atoms with Crippen LogP contribution >= 0.6 is 12.6 Å². The molecule has 0 aliphatic carbocycles. The van der Waals surface area contributed by atoms with Gasteiger partial charge in [-0.1, -0.05) is 134 Å². The molecule has 1 aromatic carbocycles. The quantitative estimate of drug-likeness (QED) is 0.0986. The van der Waals surface area contributed by atoms with Crippen molar-refractivity contribution in [2.24, 2.45) is 0 Å². The Morgan fingerprint density at radius 1 is 0.861 bits per heavy atom. The molecule has 4 nitrogen and oxygen atoms in total. The van der Waals surface area contributed by atoms with E-state index >= 15 is 0 Å². The third-order valence-corrected chi connectivity index (χ3v) is 5.14. The third-order valence-electron chi connectivity index (χ3n) is 4.82. The van der Waals surface area contributed by atoms with Gasteiger partial charge in [0.05, 0.1) is 6.61 Å². The summed E-state index contributed by atoms with van der Waals surface area (Å²) in [6, 6.07) is 10.0. The SMILES string of the molecule is C=C(C)C(=O)O.C=CC(=O)OCCCC.C=Cc1ccccc1.CCCCCCCCCCCCS. The topological polar surface area (TPSA) is 63.6 Å². The summed E-state index contributed by atoms with van der Waals surface area (Å²) in [7, 11) is 0. The molecule has 0 aliphatic heterocycles. The van der Waals surface area contributed by atoms with Crippen LogP contribution in [0.2, 0.25) is 0 Å². The predicted molar refractivity (Wildman–Crippen MR) is 161 cm³/mol. The lowest BCUT2D eigenvalue weighted by Crippen LogP contribution is -2.00. The highest BCUT2D eigenvalue weighted by Gasteiger charge is 1.92. The van der Waals surface area contributed by atoms with Gasteiger partial charge in [0, 0.05) is 11.6 Å². The smallest absolute Gasteiger partial charge is 0.330 e. The number of hydrogen-bond donors (Lipinski definition) is 2.